The van der Waals surface area contributed by atoms with Crippen molar-refractivity contribution in [2.75, 3.05) is 19.8 Å². The van der Waals surface area contributed by atoms with E-state index in [4.69, 9.17) is 10.5 Å². The predicted octanol–water partition coefficient (Wildman–Crippen LogP) is 2.37. The van der Waals surface area contributed by atoms with Crippen LogP contribution in [0.15, 0.2) is 0 Å². The van der Waals surface area contributed by atoms with Crippen molar-refractivity contribution in [2.45, 2.75) is 46.1 Å². The van der Waals surface area contributed by atoms with Crippen molar-refractivity contribution in [2.24, 2.45) is 11.1 Å². The first kappa shape index (κ1) is 19.4. The zero-order chi connectivity index (χ0) is 15.5. The highest BCUT2D eigenvalue weighted by Gasteiger charge is 2.38. The Balaban J connectivity index is 0.00000242. The minimum atomic E-state index is -0.467. The van der Waals surface area contributed by atoms with Crippen molar-refractivity contribution >= 4 is 29.7 Å². The van der Waals surface area contributed by atoms with Gasteiger partial charge in [-0.2, -0.15) is 0 Å². The number of aromatic nitrogens is 1. The molecule has 0 saturated carbocycles. The molecule has 2 rings (SSSR count). The van der Waals surface area contributed by atoms with Crippen LogP contribution in [-0.4, -0.2) is 30.6 Å². The summed E-state index contributed by atoms with van der Waals surface area (Å²) in [6.07, 6.45) is 1.40. The van der Waals surface area contributed by atoms with Crippen molar-refractivity contribution in [1.29, 1.82) is 0 Å². The molecule has 0 spiro atoms. The molecule has 126 valence electrons. The molecule has 0 aromatic carbocycles. The number of nitrogens with zero attached hydrogens (tertiary/aromatic N) is 1. The Morgan fingerprint density at radius 1 is 1.45 bits per heavy atom. The second-order valence-corrected chi connectivity index (χ2v) is 7.27. The third kappa shape index (κ3) is 4.19. The van der Waals surface area contributed by atoms with E-state index >= 15 is 0 Å². The number of ether oxygens (including phenoxy) is 1. The fourth-order valence-corrected chi connectivity index (χ4v) is 3.73. The summed E-state index contributed by atoms with van der Waals surface area (Å²) in [7, 11) is 0. The monoisotopic (exact) mass is 347 g/mol. The van der Waals surface area contributed by atoms with Crippen LogP contribution in [-0.2, 0) is 16.1 Å². The first-order valence-electron chi connectivity index (χ1n) is 7.51. The van der Waals surface area contributed by atoms with Crippen LogP contribution in [0.5, 0.6) is 0 Å². The molecule has 1 aliphatic heterocycles. The molecule has 7 heteroatoms. The second-order valence-electron chi connectivity index (χ2n) is 5.98. The highest BCUT2D eigenvalue weighted by atomic mass is 35.5. The maximum atomic E-state index is 12.5. The lowest BCUT2D eigenvalue weighted by atomic mass is 9.79. The smallest absolute Gasteiger partial charge is 0.228 e. The Bertz CT molecular complexity index is 499. The van der Waals surface area contributed by atoms with Crippen molar-refractivity contribution < 1.29 is 9.53 Å². The fraction of sp³-hybridized carbons (Fsp3) is 0.733. The number of amides is 1. The summed E-state index contributed by atoms with van der Waals surface area (Å²) < 4.78 is 5.34. The van der Waals surface area contributed by atoms with Gasteiger partial charge < -0.3 is 15.8 Å². The average molecular weight is 348 g/mol. The van der Waals surface area contributed by atoms with Gasteiger partial charge in [0.05, 0.1) is 17.7 Å². The predicted molar refractivity (Wildman–Crippen MR) is 91.6 cm³/mol. The highest BCUT2D eigenvalue weighted by Crippen LogP contribution is 2.30. The molecule has 1 fully saturated rings. The summed E-state index contributed by atoms with van der Waals surface area (Å²) in [5.41, 5.74) is 6.51. The van der Waals surface area contributed by atoms with Crippen LogP contribution in [0, 0.1) is 12.3 Å². The van der Waals surface area contributed by atoms with Gasteiger partial charge in [0.1, 0.15) is 5.01 Å². The molecule has 3 N–H and O–H groups in total. The molecule has 1 saturated heterocycles. The van der Waals surface area contributed by atoms with E-state index in [-0.39, 0.29) is 18.3 Å². The van der Waals surface area contributed by atoms with Crippen LogP contribution in [0.4, 0.5) is 0 Å². The molecule has 1 aliphatic rings. The topological polar surface area (TPSA) is 77.2 Å². The molecule has 0 aliphatic carbocycles. The van der Waals surface area contributed by atoms with Gasteiger partial charge in [-0.1, -0.05) is 13.8 Å². The standard InChI is InChI=1S/C15H25N3O2S.ClH/c1-10(2)13-11(3)21-12(18-13)8-17-14(19)15(9-16)4-6-20-7-5-15;/h10H,4-9,16H2,1-3H3,(H,17,19);1H. The number of thiazole rings is 1. The van der Waals surface area contributed by atoms with Gasteiger partial charge in [-0.15, -0.1) is 23.7 Å². The number of carbonyl (C=O) groups is 1. The summed E-state index contributed by atoms with van der Waals surface area (Å²) in [5.74, 6) is 0.448. The summed E-state index contributed by atoms with van der Waals surface area (Å²) in [6, 6.07) is 0. The summed E-state index contributed by atoms with van der Waals surface area (Å²) in [5, 5.41) is 3.98. The minimum absolute atomic E-state index is 0. The molecule has 0 unspecified atom stereocenters. The normalized spacial score (nSPS) is 17.1. The fourth-order valence-electron chi connectivity index (χ4n) is 2.71. The van der Waals surface area contributed by atoms with Gasteiger partial charge in [-0.05, 0) is 25.7 Å². The number of hydrogen-bond acceptors (Lipinski definition) is 5. The van der Waals surface area contributed by atoms with E-state index in [0.29, 0.717) is 45.1 Å². The van der Waals surface area contributed by atoms with Crippen LogP contribution in [0.25, 0.3) is 0 Å². The van der Waals surface area contributed by atoms with E-state index in [1.54, 1.807) is 11.3 Å². The molecule has 0 bridgehead atoms. The Hall–Kier alpha value is -0.690. The maximum absolute atomic E-state index is 12.5. The number of carbonyl (C=O) groups excluding carboxylic acids is 1. The van der Waals surface area contributed by atoms with Crippen LogP contribution < -0.4 is 11.1 Å². The summed E-state index contributed by atoms with van der Waals surface area (Å²) in [4.78, 5) is 18.3. The number of halogens is 1. The van der Waals surface area contributed by atoms with Gasteiger partial charge in [0.15, 0.2) is 0 Å². The Morgan fingerprint density at radius 3 is 2.59 bits per heavy atom. The maximum Gasteiger partial charge on any atom is 0.228 e. The molecule has 1 aromatic rings. The van der Waals surface area contributed by atoms with Crippen molar-refractivity contribution in [1.82, 2.24) is 10.3 Å². The van der Waals surface area contributed by atoms with Crippen LogP contribution in [0.3, 0.4) is 0 Å². The van der Waals surface area contributed by atoms with Crippen LogP contribution in [0.1, 0.15) is 48.2 Å². The third-order valence-corrected chi connectivity index (χ3v) is 5.13. The molecule has 2 heterocycles. The van der Waals surface area contributed by atoms with Gasteiger partial charge in [0.25, 0.3) is 0 Å². The van der Waals surface area contributed by atoms with Crippen molar-refractivity contribution in [3.63, 3.8) is 0 Å². The molecule has 1 amide bonds. The van der Waals surface area contributed by atoms with Crippen LogP contribution in [0.2, 0.25) is 0 Å². The van der Waals surface area contributed by atoms with Crippen molar-refractivity contribution in [3.05, 3.63) is 15.6 Å². The average Bonchev–Trinajstić information content (AvgIpc) is 2.86. The number of aryl methyl sites for hydroxylation is 1. The largest absolute Gasteiger partial charge is 0.381 e. The van der Waals surface area contributed by atoms with Gasteiger partial charge >= 0.3 is 0 Å². The van der Waals surface area contributed by atoms with E-state index < -0.39 is 5.41 Å². The van der Waals surface area contributed by atoms with Gasteiger partial charge in [-0.25, -0.2) is 4.98 Å². The van der Waals surface area contributed by atoms with E-state index in [0.717, 1.165) is 10.7 Å². The quantitative estimate of drug-likeness (QED) is 0.857. The number of hydrogen-bond donors (Lipinski definition) is 2. The summed E-state index contributed by atoms with van der Waals surface area (Å²) in [6.45, 7) is 8.43. The van der Waals surface area contributed by atoms with Gasteiger partial charge in [0.2, 0.25) is 5.91 Å². The van der Waals surface area contributed by atoms with Crippen molar-refractivity contribution in [3.8, 4) is 0 Å². The highest BCUT2D eigenvalue weighted by molar-refractivity contribution is 7.11. The van der Waals surface area contributed by atoms with E-state index in [1.165, 1.54) is 4.88 Å². The molecular formula is C15H26ClN3O2S. The SMILES string of the molecule is Cc1sc(CNC(=O)C2(CN)CCOCC2)nc1C(C)C.Cl. The second kappa shape index (κ2) is 8.24. The molecule has 5 nitrogen and oxygen atoms in total. The first-order valence-corrected chi connectivity index (χ1v) is 8.32. The lowest BCUT2D eigenvalue weighted by molar-refractivity contribution is -0.136. The number of nitrogens with one attached hydrogen (secondary N) is 1. The lowest BCUT2D eigenvalue weighted by Crippen LogP contribution is -2.48. The van der Waals surface area contributed by atoms with E-state index in [1.807, 2.05) is 0 Å². The Morgan fingerprint density at radius 2 is 2.09 bits per heavy atom. The Kier molecular flexibility index (Phi) is 7.25. The van der Waals surface area contributed by atoms with Crippen LogP contribution >= 0.6 is 23.7 Å². The Labute approximate surface area is 142 Å². The minimum Gasteiger partial charge on any atom is -0.381 e. The number of nitrogens with two attached hydrogens (primary N) is 1. The molecule has 0 radical (unpaired) electrons. The van der Waals surface area contributed by atoms with Gasteiger partial charge in [0, 0.05) is 24.6 Å². The first-order chi connectivity index (χ1) is 9.98. The van der Waals surface area contributed by atoms with E-state index in [9.17, 15) is 4.79 Å². The van der Waals surface area contributed by atoms with E-state index in [2.05, 4.69) is 31.1 Å². The number of rotatable bonds is 5. The lowest BCUT2D eigenvalue weighted by Gasteiger charge is -2.34. The molecule has 0 atom stereocenters. The molecular weight excluding hydrogens is 322 g/mol. The molecule has 22 heavy (non-hydrogen) atoms. The zero-order valence-corrected chi connectivity index (χ0v) is 15.1. The zero-order valence-electron chi connectivity index (χ0n) is 13.5. The summed E-state index contributed by atoms with van der Waals surface area (Å²) >= 11 is 1.66. The molecule has 1 aromatic heterocycles. The van der Waals surface area contributed by atoms with Gasteiger partial charge in [-0.3, -0.25) is 4.79 Å². The third-order valence-electron chi connectivity index (χ3n) is 4.15.